The van der Waals surface area contributed by atoms with Crippen molar-refractivity contribution in [2.75, 3.05) is 6.61 Å². The van der Waals surface area contributed by atoms with E-state index in [1.807, 2.05) is 13.8 Å². The molecule has 1 aromatic carbocycles. The van der Waals surface area contributed by atoms with E-state index in [4.69, 9.17) is 33.2 Å². The molecule has 0 saturated carbocycles. The third-order valence-electron chi connectivity index (χ3n) is 2.75. The summed E-state index contributed by atoms with van der Waals surface area (Å²) in [5.41, 5.74) is 0.216. The average Bonchev–Trinajstić information content (AvgIpc) is 2.43. The van der Waals surface area contributed by atoms with Crippen molar-refractivity contribution >= 4 is 35.1 Å². The van der Waals surface area contributed by atoms with Gasteiger partial charge in [0.2, 0.25) is 0 Å². The zero-order chi connectivity index (χ0) is 16.7. The summed E-state index contributed by atoms with van der Waals surface area (Å²) < 4.78 is 4.77. The first-order chi connectivity index (χ1) is 10.3. The van der Waals surface area contributed by atoms with Crippen molar-refractivity contribution in [1.29, 1.82) is 5.26 Å². The van der Waals surface area contributed by atoms with Crippen LogP contribution in [0.4, 0.5) is 0 Å². The molecule has 0 spiro atoms. The molecule has 5 nitrogen and oxygen atoms in total. The van der Waals surface area contributed by atoms with Crippen LogP contribution in [0.1, 0.15) is 30.6 Å². The molecule has 0 saturated heterocycles. The molecule has 22 heavy (non-hydrogen) atoms. The van der Waals surface area contributed by atoms with Crippen molar-refractivity contribution in [3.8, 4) is 6.07 Å². The van der Waals surface area contributed by atoms with Gasteiger partial charge in [-0.1, -0.05) is 37.0 Å². The highest BCUT2D eigenvalue weighted by atomic mass is 35.5. The molecule has 0 radical (unpaired) electrons. The van der Waals surface area contributed by atoms with Crippen molar-refractivity contribution in [1.82, 2.24) is 5.32 Å². The number of rotatable bonds is 6. The number of esters is 1. The number of nitrogens with zero attached hydrogens (tertiary/aromatic N) is 1. The number of amides is 1. The van der Waals surface area contributed by atoms with Gasteiger partial charge >= 0.3 is 5.97 Å². The summed E-state index contributed by atoms with van der Waals surface area (Å²) in [6.07, 6.45) is 0.390. The maximum absolute atomic E-state index is 12.2. The van der Waals surface area contributed by atoms with E-state index in [1.54, 1.807) is 6.07 Å². The van der Waals surface area contributed by atoms with Crippen molar-refractivity contribution in [3.63, 3.8) is 0 Å². The van der Waals surface area contributed by atoms with Gasteiger partial charge in [-0.15, -0.1) is 0 Å². The zero-order valence-electron chi connectivity index (χ0n) is 12.2. The summed E-state index contributed by atoms with van der Waals surface area (Å²) in [4.78, 5) is 24.1. The number of ether oxygens (including phenoxy) is 1. The van der Waals surface area contributed by atoms with E-state index in [0.717, 1.165) is 0 Å². The lowest BCUT2D eigenvalue weighted by atomic mass is 10.0. The second kappa shape index (κ2) is 8.62. The highest BCUT2D eigenvalue weighted by Crippen LogP contribution is 2.21. The molecule has 0 heterocycles. The van der Waals surface area contributed by atoms with Gasteiger partial charge in [-0.2, -0.15) is 5.26 Å². The molecule has 0 unspecified atom stereocenters. The molecule has 0 aliphatic heterocycles. The van der Waals surface area contributed by atoms with Crippen molar-refractivity contribution < 1.29 is 14.3 Å². The van der Waals surface area contributed by atoms with Crippen LogP contribution in [-0.4, -0.2) is 24.5 Å². The Hall–Kier alpha value is -1.77. The summed E-state index contributed by atoms with van der Waals surface area (Å²) in [6.45, 7) is 3.46. The maximum atomic E-state index is 12.2. The number of carbonyl (C=O) groups excluding carboxylic acids is 2. The monoisotopic (exact) mass is 342 g/mol. The predicted molar refractivity (Wildman–Crippen MR) is 83.7 cm³/mol. The lowest BCUT2D eigenvalue weighted by Gasteiger charge is -2.19. The molecule has 0 aromatic heterocycles. The van der Waals surface area contributed by atoms with Crippen LogP contribution in [0.15, 0.2) is 18.2 Å². The molecule has 0 aliphatic rings. The van der Waals surface area contributed by atoms with Gasteiger partial charge in [0.05, 0.1) is 10.6 Å². The molecule has 7 heteroatoms. The van der Waals surface area contributed by atoms with Gasteiger partial charge in [0.1, 0.15) is 12.1 Å². The van der Waals surface area contributed by atoms with Gasteiger partial charge < -0.3 is 10.1 Å². The molecule has 118 valence electrons. The zero-order valence-corrected chi connectivity index (χ0v) is 13.7. The second-order valence-corrected chi connectivity index (χ2v) is 5.89. The minimum atomic E-state index is -0.840. The Morgan fingerprint density at radius 3 is 2.59 bits per heavy atom. The third-order valence-corrected chi connectivity index (χ3v) is 3.30. The van der Waals surface area contributed by atoms with Crippen LogP contribution in [-0.2, 0) is 9.53 Å². The highest BCUT2D eigenvalue weighted by Gasteiger charge is 2.24. The first-order valence-corrected chi connectivity index (χ1v) is 7.40. The number of benzene rings is 1. The number of hydrogen-bond donors (Lipinski definition) is 1. The van der Waals surface area contributed by atoms with Crippen LogP contribution >= 0.6 is 23.2 Å². The van der Waals surface area contributed by atoms with Gasteiger partial charge in [0.15, 0.2) is 6.61 Å². The van der Waals surface area contributed by atoms with Crippen LogP contribution in [0, 0.1) is 17.2 Å². The SMILES string of the molecule is CC(C)C[C@@H](NC(=O)c1ccc(Cl)cc1Cl)C(=O)OCC#N. The Morgan fingerprint density at radius 1 is 1.36 bits per heavy atom. The highest BCUT2D eigenvalue weighted by molar-refractivity contribution is 6.36. The summed E-state index contributed by atoms with van der Waals surface area (Å²) >= 11 is 11.8. The van der Waals surface area contributed by atoms with Crippen LogP contribution in [0.5, 0.6) is 0 Å². The van der Waals surface area contributed by atoms with E-state index in [2.05, 4.69) is 5.32 Å². The standard InChI is InChI=1S/C15H16Cl2N2O3/c1-9(2)7-13(15(21)22-6-5-18)19-14(20)11-4-3-10(16)8-12(11)17/h3-4,8-9,13H,6-7H2,1-2H3,(H,19,20)/t13-/m1/s1. The van der Waals surface area contributed by atoms with E-state index in [9.17, 15) is 9.59 Å². The van der Waals surface area contributed by atoms with Gasteiger partial charge in [-0.3, -0.25) is 4.79 Å². The lowest BCUT2D eigenvalue weighted by Crippen LogP contribution is -2.42. The molecule has 1 amide bonds. The summed E-state index contributed by atoms with van der Waals surface area (Å²) in [5.74, 6) is -0.990. The number of nitrogens with one attached hydrogen (secondary N) is 1. The number of nitriles is 1. The van der Waals surface area contributed by atoms with Gasteiger partial charge in [-0.05, 0) is 30.5 Å². The maximum Gasteiger partial charge on any atom is 0.329 e. The van der Waals surface area contributed by atoms with Crippen molar-refractivity contribution in [2.45, 2.75) is 26.3 Å². The topological polar surface area (TPSA) is 79.2 Å². The summed E-state index contributed by atoms with van der Waals surface area (Å²) in [7, 11) is 0. The Morgan fingerprint density at radius 2 is 2.05 bits per heavy atom. The Bertz CT molecular complexity index is 597. The summed E-state index contributed by atoms with van der Waals surface area (Å²) in [6, 6.07) is 5.34. The van der Waals surface area contributed by atoms with E-state index in [-0.39, 0.29) is 23.1 Å². The second-order valence-electron chi connectivity index (χ2n) is 5.05. The molecule has 1 atom stereocenters. The Labute approximate surface area is 139 Å². The molecule has 1 aromatic rings. The van der Waals surface area contributed by atoms with Crippen LogP contribution in [0.25, 0.3) is 0 Å². The fourth-order valence-electron chi connectivity index (χ4n) is 1.80. The number of hydrogen-bond acceptors (Lipinski definition) is 4. The first kappa shape index (κ1) is 18.3. The van der Waals surface area contributed by atoms with Crippen molar-refractivity contribution in [2.24, 2.45) is 5.92 Å². The quantitative estimate of drug-likeness (QED) is 0.805. The predicted octanol–water partition coefficient (Wildman–Crippen LogP) is 3.20. The molecule has 0 bridgehead atoms. The molecule has 1 N–H and O–H groups in total. The normalized spacial score (nSPS) is 11.6. The van der Waals surface area contributed by atoms with E-state index < -0.39 is 17.9 Å². The van der Waals surface area contributed by atoms with Gasteiger partial charge in [0.25, 0.3) is 5.91 Å². The fourth-order valence-corrected chi connectivity index (χ4v) is 2.29. The third kappa shape index (κ3) is 5.55. The molecule has 1 rings (SSSR count). The minimum Gasteiger partial charge on any atom is -0.449 e. The molecule has 0 fully saturated rings. The van der Waals surface area contributed by atoms with Gasteiger partial charge in [-0.25, -0.2) is 4.79 Å². The largest absolute Gasteiger partial charge is 0.449 e. The van der Waals surface area contributed by atoms with E-state index in [1.165, 1.54) is 18.2 Å². The van der Waals surface area contributed by atoms with Crippen LogP contribution < -0.4 is 5.32 Å². The number of carbonyl (C=O) groups is 2. The van der Waals surface area contributed by atoms with Crippen LogP contribution in [0.3, 0.4) is 0 Å². The Kier molecular flexibility index (Phi) is 7.16. The minimum absolute atomic E-state index is 0.153. The van der Waals surface area contributed by atoms with E-state index >= 15 is 0 Å². The van der Waals surface area contributed by atoms with Gasteiger partial charge in [0, 0.05) is 5.02 Å². The number of halogens is 2. The average molecular weight is 343 g/mol. The van der Waals surface area contributed by atoms with Crippen molar-refractivity contribution in [3.05, 3.63) is 33.8 Å². The lowest BCUT2D eigenvalue weighted by molar-refractivity contribution is -0.144. The Balaban J connectivity index is 2.86. The van der Waals surface area contributed by atoms with Crippen LogP contribution in [0.2, 0.25) is 10.0 Å². The first-order valence-electron chi connectivity index (χ1n) is 6.64. The molecular formula is C15H16Cl2N2O3. The molecular weight excluding hydrogens is 327 g/mol. The fraction of sp³-hybridized carbons (Fsp3) is 0.400. The summed E-state index contributed by atoms with van der Waals surface area (Å²) in [5, 5.41) is 11.6. The van der Waals surface area contributed by atoms with E-state index in [0.29, 0.717) is 11.4 Å². The molecule has 0 aliphatic carbocycles. The smallest absolute Gasteiger partial charge is 0.329 e.